The van der Waals surface area contributed by atoms with Crippen LogP contribution in [0.25, 0.3) is 11.1 Å². The molecule has 0 bridgehead atoms. The van der Waals surface area contributed by atoms with Crippen LogP contribution in [0.5, 0.6) is 0 Å². The molecule has 0 aliphatic carbocycles. The molecule has 0 N–H and O–H groups in total. The van der Waals surface area contributed by atoms with Crippen molar-refractivity contribution in [1.29, 1.82) is 5.26 Å². The van der Waals surface area contributed by atoms with Crippen LogP contribution >= 0.6 is 0 Å². The summed E-state index contributed by atoms with van der Waals surface area (Å²) in [6, 6.07) is 16.3. The van der Waals surface area contributed by atoms with Gasteiger partial charge in [-0.1, -0.05) is 42.5 Å². The van der Waals surface area contributed by atoms with Gasteiger partial charge in [0.25, 0.3) is 0 Å². The second-order valence-corrected chi connectivity index (χ2v) is 6.40. The maximum atomic E-state index is 13.0. The molecule has 0 saturated carbocycles. The van der Waals surface area contributed by atoms with Crippen molar-refractivity contribution < 1.29 is 4.79 Å². The first-order valence-electron chi connectivity index (χ1n) is 8.44. The summed E-state index contributed by atoms with van der Waals surface area (Å²) in [6.45, 7) is 1.40. The highest BCUT2D eigenvalue weighted by atomic mass is 16.2. The lowest BCUT2D eigenvalue weighted by atomic mass is 10.0. The Morgan fingerprint density at radius 2 is 1.92 bits per heavy atom. The largest absolute Gasteiger partial charge is 0.310 e. The molecule has 0 spiro atoms. The average molecular weight is 317 g/mol. The minimum absolute atomic E-state index is 0.0676. The van der Waals surface area contributed by atoms with Crippen LogP contribution in [-0.2, 0) is 11.2 Å². The molecule has 2 aliphatic rings. The van der Waals surface area contributed by atoms with Crippen LogP contribution in [0.15, 0.2) is 48.5 Å². The van der Waals surface area contributed by atoms with Crippen molar-refractivity contribution in [1.82, 2.24) is 4.90 Å². The molecule has 0 aromatic heterocycles. The number of carbonyl (C=O) groups is 1. The van der Waals surface area contributed by atoms with Gasteiger partial charge in [-0.05, 0) is 42.0 Å². The SMILES string of the molecule is N#CN1CCC[C@H]1C(=O)N1CCc2ccc(-c3ccccc3)cc21. The molecule has 2 aliphatic heterocycles. The minimum atomic E-state index is -0.290. The molecule has 2 aromatic carbocycles. The number of amides is 1. The van der Waals surface area contributed by atoms with E-state index in [1.807, 2.05) is 23.1 Å². The van der Waals surface area contributed by atoms with Crippen molar-refractivity contribution in [2.45, 2.75) is 25.3 Å². The zero-order chi connectivity index (χ0) is 16.5. The van der Waals surface area contributed by atoms with E-state index in [9.17, 15) is 10.1 Å². The lowest BCUT2D eigenvalue weighted by molar-refractivity contribution is -0.121. The van der Waals surface area contributed by atoms with E-state index in [1.165, 1.54) is 5.56 Å². The molecule has 1 saturated heterocycles. The molecule has 4 heteroatoms. The van der Waals surface area contributed by atoms with Gasteiger partial charge in [0.2, 0.25) is 5.91 Å². The molecule has 1 atom stereocenters. The van der Waals surface area contributed by atoms with Crippen LogP contribution in [0.3, 0.4) is 0 Å². The number of rotatable bonds is 2. The summed E-state index contributed by atoms with van der Waals surface area (Å²) in [6.07, 6.45) is 4.74. The second kappa shape index (κ2) is 6.01. The van der Waals surface area contributed by atoms with Crippen molar-refractivity contribution in [3.05, 3.63) is 54.1 Å². The van der Waals surface area contributed by atoms with Gasteiger partial charge in [0.15, 0.2) is 6.19 Å². The number of nitriles is 1. The first-order chi connectivity index (χ1) is 11.8. The van der Waals surface area contributed by atoms with E-state index >= 15 is 0 Å². The van der Waals surface area contributed by atoms with Gasteiger partial charge in [-0.2, -0.15) is 5.26 Å². The van der Waals surface area contributed by atoms with Crippen LogP contribution in [0.4, 0.5) is 5.69 Å². The normalized spacial score (nSPS) is 19.2. The van der Waals surface area contributed by atoms with Gasteiger partial charge < -0.3 is 4.90 Å². The fraction of sp³-hybridized carbons (Fsp3) is 0.300. The lowest BCUT2D eigenvalue weighted by Gasteiger charge is -2.25. The number of nitrogens with zero attached hydrogens (tertiary/aromatic N) is 3. The third kappa shape index (κ3) is 2.43. The third-order valence-corrected chi connectivity index (χ3v) is 5.02. The molecule has 24 heavy (non-hydrogen) atoms. The molecule has 0 unspecified atom stereocenters. The van der Waals surface area contributed by atoms with Gasteiger partial charge in [-0.25, -0.2) is 0 Å². The predicted molar refractivity (Wildman–Crippen MR) is 93.3 cm³/mol. The summed E-state index contributed by atoms with van der Waals surface area (Å²) in [5, 5.41) is 9.22. The van der Waals surface area contributed by atoms with Crippen molar-refractivity contribution in [3.63, 3.8) is 0 Å². The molecule has 2 aromatic rings. The summed E-state index contributed by atoms with van der Waals surface area (Å²) in [5.41, 5.74) is 4.49. The van der Waals surface area contributed by atoms with E-state index in [4.69, 9.17) is 0 Å². The summed E-state index contributed by atoms with van der Waals surface area (Å²) >= 11 is 0. The molecule has 4 nitrogen and oxygen atoms in total. The topological polar surface area (TPSA) is 47.3 Å². The highest BCUT2D eigenvalue weighted by Gasteiger charge is 2.36. The number of hydrogen-bond donors (Lipinski definition) is 0. The van der Waals surface area contributed by atoms with Crippen molar-refractivity contribution in [2.24, 2.45) is 0 Å². The van der Waals surface area contributed by atoms with Crippen molar-refractivity contribution >= 4 is 11.6 Å². The minimum Gasteiger partial charge on any atom is -0.310 e. The Hall–Kier alpha value is -2.80. The van der Waals surface area contributed by atoms with Crippen LogP contribution in [0, 0.1) is 11.5 Å². The van der Waals surface area contributed by atoms with Gasteiger partial charge in [-0.3, -0.25) is 9.69 Å². The number of anilines is 1. The first kappa shape index (κ1) is 14.8. The summed E-state index contributed by atoms with van der Waals surface area (Å²) < 4.78 is 0. The number of hydrogen-bond acceptors (Lipinski definition) is 3. The maximum absolute atomic E-state index is 13.0. The highest BCUT2D eigenvalue weighted by molar-refractivity contribution is 6.00. The van der Waals surface area contributed by atoms with Crippen LogP contribution in [0.2, 0.25) is 0 Å². The molecule has 120 valence electrons. The molecular weight excluding hydrogens is 298 g/mol. The lowest BCUT2D eigenvalue weighted by Crippen LogP contribution is -2.43. The van der Waals surface area contributed by atoms with Gasteiger partial charge in [0.05, 0.1) is 0 Å². The number of likely N-dealkylation sites (tertiary alicyclic amines) is 1. The van der Waals surface area contributed by atoms with Crippen LogP contribution in [-0.4, -0.2) is 29.9 Å². The molecule has 2 heterocycles. The highest BCUT2D eigenvalue weighted by Crippen LogP contribution is 2.34. The van der Waals surface area contributed by atoms with Gasteiger partial charge in [0.1, 0.15) is 6.04 Å². The molecule has 1 fully saturated rings. The van der Waals surface area contributed by atoms with E-state index in [2.05, 4.69) is 36.5 Å². The van der Waals surface area contributed by atoms with Crippen LogP contribution < -0.4 is 4.90 Å². The Kier molecular flexibility index (Phi) is 3.70. The molecule has 0 radical (unpaired) electrons. The Morgan fingerprint density at radius 1 is 1.08 bits per heavy atom. The van der Waals surface area contributed by atoms with Gasteiger partial charge in [-0.15, -0.1) is 0 Å². The summed E-state index contributed by atoms with van der Waals surface area (Å²) in [5.74, 6) is 0.0676. The Morgan fingerprint density at radius 3 is 2.71 bits per heavy atom. The Bertz CT molecular complexity index is 809. The smallest absolute Gasteiger partial charge is 0.250 e. The van der Waals surface area contributed by atoms with Crippen LogP contribution in [0.1, 0.15) is 18.4 Å². The van der Waals surface area contributed by atoms with Crippen molar-refractivity contribution in [3.8, 4) is 17.3 Å². The van der Waals surface area contributed by atoms with Crippen molar-refractivity contribution in [2.75, 3.05) is 18.0 Å². The zero-order valence-electron chi connectivity index (χ0n) is 13.5. The van der Waals surface area contributed by atoms with E-state index < -0.39 is 0 Å². The zero-order valence-corrected chi connectivity index (χ0v) is 13.5. The quantitative estimate of drug-likeness (QED) is 0.799. The number of benzene rings is 2. The summed E-state index contributed by atoms with van der Waals surface area (Å²) in [4.78, 5) is 16.5. The van der Waals surface area contributed by atoms with E-state index in [1.54, 1.807) is 4.90 Å². The standard InChI is InChI=1S/C20H19N3O/c21-14-22-11-4-7-18(22)20(24)23-12-10-16-8-9-17(13-19(16)23)15-5-2-1-3-6-15/h1-3,5-6,8-9,13,18H,4,7,10-12H2/t18-/m0/s1. The van der Waals surface area contributed by atoms with E-state index in [0.29, 0.717) is 13.1 Å². The fourth-order valence-electron chi connectivity index (χ4n) is 3.74. The molecular formula is C20H19N3O. The van der Waals surface area contributed by atoms with Gasteiger partial charge >= 0.3 is 0 Å². The molecule has 1 amide bonds. The number of carbonyl (C=O) groups excluding carboxylic acids is 1. The maximum Gasteiger partial charge on any atom is 0.250 e. The van der Waals surface area contributed by atoms with Gasteiger partial charge in [0, 0.05) is 18.8 Å². The first-order valence-corrected chi connectivity index (χ1v) is 8.44. The number of fused-ring (bicyclic) bond motifs is 1. The third-order valence-electron chi connectivity index (χ3n) is 5.02. The second-order valence-electron chi connectivity index (χ2n) is 6.40. The Labute approximate surface area is 141 Å². The van der Waals surface area contributed by atoms with E-state index in [0.717, 1.165) is 36.1 Å². The monoisotopic (exact) mass is 317 g/mol. The molecule has 4 rings (SSSR count). The predicted octanol–water partition coefficient (Wildman–Crippen LogP) is 3.19. The Balaban J connectivity index is 1.66. The average Bonchev–Trinajstić information content (AvgIpc) is 3.28. The summed E-state index contributed by atoms with van der Waals surface area (Å²) in [7, 11) is 0. The van der Waals surface area contributed by atoms with E-state index in [-0.39, 0.29) is 11.9 Å². The fourth-order valence-corrected chi connectivity index (χ4v) is 3.74.